The van der Waals surface area contributed by atoms with Crippen LogP contribution in [0.25, 0.3) is 27.7 Å². The van der Waals surface area contributed by atoms with Gasteiger partial charge in [0.15, 0.2) is 0 Å². The molecule has 0 radical (unpaired) electrons. The third kappa shape index (κ3) is 2.32. The molecule has 3 heteroatoms. The fourth-order valence-corrected chi connectivity index (χ4v) is 3.36. The summed E-state index contributed by atoms with van der Waals surface area (Å²) in [6.45, 7) is 2.15. The Kier molecular flexibility index (Phi) is 3.40. The van der Waals surface area contributed by atoms with Gasteiger partial charge in [-0.25, -0.2) is 0 Å². The van der Waals surface area contributed by atoms with Gasteiger partial charge in [-0.1, -0.05) is 41.9 Å². The fraction of sp³-hybridized carbons (Fsp3) is 0.0500. The monoisotopic (exact) mass is 318 g/mol. The quantitative estimate of drug-likeness (QED) is 0.466. The molecule has 0 bridgehead atoms. The largest absolute Gasteiger partial charge is 0.313 e. The predicted octanol–water partition coefficient (Wildman–Crippen LogP) is 5.65. The number of hydrogen-bond donors (Lipinski definition) is 0. The zero-order chi connectivity index (χ0) is 15.8. The minimum Gasteiger partial charge on any atom is -0.313 e. The third-order valence-corrected chi connectivity index (χ3v) is 4.38. The maximum absolute atomic E-state index is 6.27. The number of hydrogen-bond acceptors (Lipinski definition) is 1. The second-order valence-corrected chi connectivity index (χ2v) is 5.97. The van der Waals surface area contributed by atoms with Gasteiger partial charge >= 0.3 is 0 Å². The zero-order valence-corrected chi connectivity index (χ0v) is 13.5. The zero-order valence-electron chi connectivity index (χ0n) is 12.7. The SMILES string of the molecule is Cc1c(-c2ccccc2)c2cc(Cl)ccc2n1-c1ccncc1. The van der Waals surface area contributed by atoms with Crippen LogP contribution in [0.1, 0.15) is 5.69 Å². The highest BCUT2D eigenvalue weighted by atomic mass is 35.5. The molecule has 0 aliphatic carbocycles. The number of benzene rings is 2. The molecule has 2 aromatic carbocycles. The molecule has 0 saturated heterocycles. The molecule has 0 spiro atoms. The molecule has 0 aliphatic rings. The summed E-state index contributed by atoms with van der Waals surface area (Å²) in [6, 6.07) is 20.6. The molecule has 2 aromatic heterocycles. The lowest BCUT2D eigenvalue weighted by atomic mass is 10.0. The summed E-state index contributed by atoms with van der Waals surface area (Å²) in [5.41, 5.74) is 5.87. The molecule has 4 rings (SSSR count). The van der Waals surface area contributed by atoms with Gasteiger partial charge in [0, 0.05) is 39.7 Å². The van der Waals surface area contributed by atoms with Crippen LogP contribution in [0.15, 0.2) is 73.1 Å². The minimum absolute atomic E-state index is 0.751. The van der Waals surface area contributed by atoms with Crippen molar-refractivity contribution in [1.82, 2.24) is 9.55 Å². The molecule has 0 atom stereocenters. The van der Waals surface area contributed by atoms with Crippen molar-refractivity contribution in [3.63, 3.8) is 0 Å². The van der Waals surface area contributed by atoms with Crippen LogP contribution in [0.5, 0.6) is 0 Å². The first-order valence-electron chi connectivity index (χ1n) is 7.52. The maximum atomic E-state index is 6.27. The van der Waals surface area contributed by atoms with Crippen molar-refractivity contribution in [2.45, 2.75) is 6.92 Å². The van der Waals surface area contributed by atoms with Crippen molar-refractivity contribution in [3.8, 4) is 16.8 Å². The van der Waals surface area contributed by atoms with Gasteiger partial charge in [0.25, 0.3) is 0 Å². The first-order chi connectivity index (χ1) is 11.3. The van der Waals surface area contributed by atoms with Crippen molar-refractivity contribution in [2.75, 3.05) is 0 Å². The van der Waals surface area contributed by atoms with Crippen LogP contribution in [0, 0.1) is 6.92 Å². The van der Waals surface area contributed by atoms with E-state index in [-0.39, 0.29) is 0 Å². The van der Waals surface area contributed by atoms with Gasteiger partial charge < -0.3 is 4.57 Å². The van der Waals surface area contributed by atoms with Crippen molar-refractivity contribution >= 4 is 22.5 Å². The molecule has 23 heavy (non-hydrogen) atoms. The van der Waals surface area contributed by atoms with Crippen LogP contribution in [-0.4, -0.2) is 9.55 Å². The second-order valence-electron chi connectivity index (χ2n) is 5.53. The Morgan fingerprint density at radius 3 is 2.39 bits per heavy atom. The summed E-state index contributed by atoms with van der Waals surface area (Å²) in [5.74, 6) is 0. The Bertz CT molecular complexity index is 973. The van der Waals surface area contributed by atoms with Gasteiger partial charge in [-0.15, -0.1) is 0 Å². The van der Waals surface area contributed by atoms with Crippen LogP contribution in [0.2, 0.25) is 5.02 Å². The van der Waals surface area contributed by atoms with Crippen LogP contribution in [0.4, 0.5) is 0 Å². The smallest absolute Gasteiger partial charge is 0.0538 e. The molecular weight excluding hydrogens is 304 g/mol. The topological polar surface area (TPSA) is 17.8 Å². The Morgan fingerprint density at radius 2 is 1.65 bits per heavy atom. The molecule has 2 heterocycles. The lowest BCUT2D eigenvalue weighted by Crippen LogP contribution is -1.96. The van der Waals surface area contributed by atoms with Crippen LogP contribution in [0.3, 0.4) is 0 Å². The van der Waals surface area contributed by atoms with E-state index >= 15 is 0 Å². The Morgan fingerprint density at radius 1 is 0.913 bits per heavy atom. The van der Waals surface area contributed by atoms with E-state index in [1.165, 1.54) is 16.8 Å². The Hall–Kier alpha value is -2.58. The van der Waals surface area contributed by atoms with Gasteiger partial charge in [0.1, 0.15) is 0 Å². The van der Waals surface area contributed by atoms with Crippen LogP contribution >= 0.6 is 11.6 Å². The van der Waals surface area contributed by atoms with E-state index in [1.54, 1.807) is 0 Å². The second kappa shape index (κ2) is 5.56. The van der Waals surface area contributed by atoms with E-state index in [1.807, 2.05) is 42.7 Å². The van der Waals surface area contributed by atoms with E-state index in [0.29, 0.717) is 0 Å². The molecule has 0 fully saturated rings. The van der Waals surface area contributed by atoms with Crippen molar-refractivity contribution in [1.29, 1.82) is 0 Å². The van der Waals surface area contributed by atoms with Gasteiger partial charge in [0.2, 0.25) is 0 Å². The highest BCUT2D eigenvalue weighted by molar-refractivity contribution is 6.31. The number of halogens is 1. The number of fused-ring (bicyclic) bond motifs is 1. The van der Waals surface area contributed by atoms with E-state index in [9.17, 15) is 0 Å². The first kappa shape index (κ1) is 14.0. The molecule has 2 nitrogen and oxygen atoms in total. The number of aromatic nitrogens is 2. The molecule has 0 saturated carbocycles. The summed E-state index contributed by atoms with van der Waals surface area (Å²) in [7, 11) is 0. The average molecular weight is 319 g/mol. The predicted molar refractivity (Wildman–Crippen MR) is 96.3 cm³/mol. The van der Waals surface area contributed by atoms with E-state index < -0.39 is 0 Å². The molecule has 112 valence electrons. The summed E-state index contributed by atoms with van der Waals surface area (Å²) in [4.78, 5) is 4.13. The van der Waals surface area contributed by atoms with E-state index in [0.717, 1.165) is 21.6 Å². The molecule has 0 aliphatic heterocycles. The van der Waals surface area contributed by atoms with Gasteiger partial charge in [-0.05, 0) is 42.8 Å². The fourth-order valence-electron chi connectivity index (χ4n) is 3.19. The van der Waals surface area contributed by atoms with Crippen LogP contribution < -0.4 is 0 Å². The number of rotatable bonds is 2. The molecule has 4 aromatic rings. The number of nitrogens with zero attached hydrogens (tertiary/aromatic N) is 2. The molecule has 0 unspecified atom stereocenters. The van der Waals surface area contributed by atoms with Crippen LogP contribution in [-0.2, 0) is 0 Å². The van der Waals surface area contributed by atoms with Gasteiger partial charge in [-0.3, -0.25) is 4.98 Å². The van der Waals surface area contributed by atoms with E-state index in [2.05, 4.69) is 46.8 Å². The lowest BCUT2D eigenvalue weighted by molar-refractivity contribution is 1.05. The van der Waals surface area contributed by atoms with Gasteiger partial charge in [-0.2, -0.15) is 0 Å². The summed E-state index contributed by atoms with van der Waals surface area (Å²) in [6.07, 6.45) is 3.64. The Balaban J connectivity index is 2.11. The highest BCUT2D eigenvalue weighted by Gasteiger charge is 2.16. The maximum Gasteiger partial charge on any atom is 0.0538 e. The third-order valence-electron chi connectivity index (χ3n) is 4.15. The summed E-state index contributed by atoms with van der Waals surface area (Å²) >= 11 is 6.27. The van der Waals surface area contributed by atoms with Crippen molar-refractivity contribution in [3.05, 3.63) is 83.8 Å². The summed E-state index contributed by atoms with van der Waals surface area (Å²) < 4.78 is 2.26. The minimum atomic E-state index is 0.751. The standard InChI is InChI=1S/C20H15ClN2/c1-14-20(15-5-3-2-4-6-15)18-13-16(21)7-8-19(18)23(14)17-9-11-22-12-10-17/h2-13H,1H3. The first-order valence-corrected chi connectivity index (χ1v) is 7.90. The highest BCUT2D eigenvalue weighted by Crippen LogP contribution is 2.37. The summed E-state index contributed by atoms with van der Waals surface area (Å²) in [5, 5.41) is 1.92. The Labute approximate surface area is 140 Å². The van der Waals surface area contributed by atoms with Crippen molar-refractivity contribution in [2.24, 2.45) is 0 Å². The lowest BCUT2D eigenvalue weighted by Gasteiger charge is -2.08. The molecule has 0 N–H and O–H groups in total. The van der Waals surface area contributed by atoms with E-state index in [4.69, 9.17) is 11.6 Å². The van der Waals surface area contributed by atoms with Gasteiger partial charge in [0.05, 0.1) is 5.52 Å². The molecule has 0 amide bonds. The average Bonchev–Trinajstić information content (AvgIpc) is 2.87. The van der Waals surface area contributed by atoms with Crippen molar-refractivity contribution < 1.29 is 0 Å². The molecular formula is C20H15ClN2. The number of pyridine rings is 1. The normalized spacial score (nSPS) is 11.0.